The average Bonchev–Trinajstić information content (AvgIpc) is 3.63. The van der Waals surface area contributed by atoms with Crippen molar-refractivity contribution in [2.24, 2.45) is 4.99 Å². The molecule has 0 unspecified atom stereocenters. The van der Waals surface area contributed by atoms with Crippen molar-refractivity contribution in [2.45, 2.75) is 36.6 Å². The third-order valence-electron chi connectivity index (χ3n) is 9.17. The zero-order valence-electron chi connectivity index (χ0n) is 30.0. The van der Waals surface area contributed by atoms with Gasteiger partial charge in [-0.2, -0.15) is 0 Å². The van der Waals surface area contributed by atoms with Crippen molar-refractivity contribution >= 4 is 46.5 Å². The number of para-hydroxylation sites is 1. The van der Waals surface area contributed by atoms with Crippen LogP contribution in [0.25, 0.3) is 11.8 Å². The van der Waals surface area contributed by atoms with Crippen LogP contribution in [-0.4, -0.2) is 34.2 Å². The number of methoxy groups -OCH3 is 2. The Morgan fingerprint density at radius 1 is 0.926 bits per heavy atom. The van der Waals surface area contributed by atoms with E-state index in [1.54, 1.807) is 62.1 Å². The lowest BCUT2D eigenvalue weighted by Gasteiger charge is -2.26. The van der Waals surface area contributed by atoms with Gasteiger partial charge in [-0.25, -0.2) is 4.99 Å². The summed E-state index contributed by atoms with van der Waals surface area (Å²) in [5, 5.41) is 14.0. The standard InChI is InChI=1S/C41H35N5O6S2/c1-24-21-27(26(3)44(24)29-11-16-32(17-12-29)53-33-18-13-30(14-19-33)46(49)50)22-36-40(48)45-38(34-20-15-31(51-4)23-35(34)52-5)37(25(2)42-41(45)54-36)39(47)43-28-9-7-6-8-10-28/h6-23,38H,1-5H3,(H,43,47)/b36-22-/t38-/m1/s1. The summed E-state index contributed by atoms with van der Waals surface area (Å²) in [6.45, 7) is 5.81. The van der Waals surface area contributed by atoms with E-state index in [9.17, 15) is 19.7 Å². The van der Waals surface area contributed by atoms with E-state index in [2.05, 4.69) is 9.88 Å². The summed E-state index contributed by atoms with van der Waals surface area (Å²) in [5.74, 6) is 0.668. The molecule has 4 aromatic carbocycles. The molecule has 0 saturated heterocycles. The summed E-state index contributed by atoms with van der Waals surface area (Å²) in [6.07, 6.45) is 1.88. The Balaban J connectivity index is 1.26. The molecule has 272 valence electrons. The fraction of sp³-hybridized carbons (Fsp3) is 0.146. The number of carbonyl (C=O) groups excluding carboxylic acids is 1. The number of fused-ring (bicyclic) bond motifs is 1. The van der Waals surface area contributed by atoms with Gasteiger partial charge in [0.05, 0.1) is 34.9 Å². The number of amides is 1. The zero-order chi connectivity index (χ0) is 38.1. The lowest BCUT2D eigenvalue weighted by molar-refractivity contribution is -0.384. The monoisotopic (exact) mass is 757 g/mol. The normalized spacial score (nSPS) is 14.0. The van der Waals surface area contributed by atoms with E-state index >= 15 is 0 Å². The van der Waals surface area contributed by atoms with Crippen molar-refractivity contribution in [3.05, 3.63) is 167 Å². The van der Waals surface area contributed by atoms with Gasteiger partial charge >= 0.3 is 0 Å². The second-order valence-corrected chi connectivity index (χ2v) is 14.7. The average molecular weight is 758 g/mol. The van der Waals surface area contributed by atoms with Gasteiger partial charge in [-0.15, -0.1) is 0 Å². The van der Waals surface area contributed by atoms with E-state index < -0.39 is 11.0 Å². The van der Waals surface area contributed by atoms with Gasteiger partial charge in [-0.1, -0.05) is 41.3 Å². The molecule has 11 nitrogen and oxygen atoms in total. The molecule has 13 heteroatoms. The summed E-state index contributed by atoms with van der Waals surface area (Å²) in [4.78, 5) is 46.3. The smallest absolute Gasteiger partial charge is 0.271 e. The fourth-order valence-corrected chi connectivity index (χ4v) is 8.43. The number of nitrogens with zero attached hydrogens (tertiary/aromatic N) is 4. The maximum atomic E-state index is 14.5. The molecule has 0 radical (unpaired) electrons. The number of allylic oxidation sites excluding steroid dienone is 1. The SMILES string of the molecule is COc1ccc([C@@H]2C(C(=O)Nc3ccccc3)=C(C)N=c3s/c(=C\c4cc(C)n(-c5ccc(Sc6ccc([N+](=O)[O-])cc6)cc5)c4C)c(=O)n32)c(OC)c1. The summed E-state index contributed by atoms with van der Waals surface area (Å²) in [5.41, 5.74) is 5.59. The molecule has 0 saturated carbocycles. The zero-order valence-corrected chi connectivity index (χ0v) is 31.7. The number of nitrogens with one attached hydrogen (secondary N) is 1. The summed E-state index contributed by atoms with van der Waals surface area (Å²) < 4.78 is 15.4. The molecule has 0 fully saturated rings. The third-order valence-corrected chi connectivity index (χ3v) is 11.2. The molecule has 1 aliphatic heterocycles. The van der Waals surface area contributed by atoms with Crippen LogP contribution in [0.5, 0.6) is 11.5 Å². The maximum absolute atomic E-state index is 14.5. The highest BCUT2D eigenvalue weighted by atomic mass is 32.2. The second-order valence-electron chi connectivity index (χ2n) is 12.5. The van der Waals surface area contributed by atoms with Gasteiger partial charge in [0.1, 0.15) is 17.5 Å². The largest absolute Gasteiger partial charge is 0.497 e. The molecule has 2 aromatic heterocycles. The van der Waals surface area contributed by atoms with Crippen LogP contribution in [0.15, 0.2) is 134 Å². The second kappa shape index (κ2) is 15.0. The Hall–Kier alpha value is -6.18. The third kappa shape index (κ3) is 6.98. The number of nitro benzene ring substituents is 1. The van der Waals surface area contributed by atoms with Gasteiger partial charge in [-0.3, -0.25) is 24.3 Å². The number of benzene rings is 4. The number of aromatic nitrogens is 2. The molecular weight excluding hydrogens is 723 g/mol. The molecule has 0 bridgehead atoms. The van der Waals surface area contributed by atoms with Gasteiger partial charge in [0.25, 0.3) is 17.2 Å². The van der Waals surface area contributed by atoms with Crippen molar-refractivity contribution in [1.82, 2.24) is 9.13 Å². The Kier molecular flexibility index (Phi) is 10.1. The minimum absolute atomic E-state index is 0.0562. The maximum Gasteiger partial charge on any atom is 0.271 e. The van der Waals surface area contributed by atoms with Crippen LogP contribution in [0.4, 0.5) is 11.4 Å². The van der Waals surface area contributed by atoms with Crippen molar-refractivity contribution in [3.8, 4) is 17.2 Å². The first-order chi connectivity index (χ1) is 26.1. The number of hydrogen-bond acceptors (Lipinski definition) is 9. The molecular formula is C41H35N5O6S2. The molecule has 6 aromatic rings. The van der Waals surface area contributed by atoms with Crippen molar-refractivity contribution in [1.29, 1.82) is 0 Å². The van der Waals surface area contributed by atoms with Gasteiger partial charge in [-0.05, 0) is 99.1 Å². The Bertz CT molecular complexity index is 2630. The van der Waals surface area contributed by atoms with Crippen LogP contribution in [0, 0.1) is 24.0 Å². The summed E-state index contributed by atoms with van der Waals surface area (Å²) in [7, 11) is 3.11. The molecule has 7 rings (SSSR count). The van der Waals surface area contributed by atoms with E-state index in [0.717, 1.165) is 32.4 Å². The highest BCUT2D eigenvalue weighted by Crippen LogP contribution is 2.38. The molecule has 3 heterocycles. The number of carbonyl (C=O) groups is 1. The van der Waals surface area contributed by atoms with E-state index in [0.29, 0.717) is 43.4 Å². The topological polar surface area (TPSA) is 130 Å². The van der Waals surface area contributed by atoms with Crippen LogP contribution >= 0.6 is 23.1 Å². The van der Waals surface area contributed by atoms with Crippen LogP contribution in [0.1, 0.15) is 35.5 Å². The number of ether oxygens (including phenoxy) is 2. The molecule has 54 heavy (non-hydrogen) atoms. The number of thiazole rings is 1. The van der Waals surface area contributed by atoms with Gasteiger partial charge in [0, 0.05) is 56.3 Å². The number of anilines is 1. The summed E-state index contributed by atoms with van der Waals surface area (Å²) >= 11 is 2.79. The number of hydrogen-bond donors (Lipinski definition) is 1. The van der Waals surface area contributed by atoms with E-state index in [1.807, 2.05) is 74.5 Å². The van der Waals surface area contributed by atoms with Gasteiger partial charge < -0.3 is 19.4 Å². The molecule has 1 N–H and O–H groups in total. The first-order valence-corrected chi connectivity index (χ1v) is 18.5. The van der Waals surface area contributed by atoms with Crippen molar-refractivity contribution < 1.29 is 19.2 Å². The number of rotatable bonds is 10. The van der Waals surface area contributed by atoms with Crippen molar-refractivity contribution in [3.63, 3.8) is 0 Å². The quantitative estimate of drug-likeness (QED) is 0.114. The van der Waals surface area contributed by atoms with Crippen molar-refractivity contribution in [2.75, 3.05) is 19.5 Å². The molecule has 1 amide bonds. The minimum atomic E-state index is -0.831. The minimum Gasteiger partial charge on any atom is -0.497 e. The number of nitro groups is 1. The fourth-order valence-electron chi connectivity index (χ4n) is 6.58. The lowest BCUT2D eigenvalue weighted by atomic mass is 9.94. The van der Waals surface area contributed by atoms with Crippen LogP contribution in [-0.2, 0) is 4.79 Å². The van der Waals surface area contributed by atoms with Gasteiger partial charge in [0.15, 0.2) is 4.80 Å². The molecule has 0 aliphatic carbocycles. The van der Waals surface area contributed by atoms with Crippen LogP contribution in [0.3, 0.4) is 0 Å². The molecule has 1 aliphatic rings. The highest BCUT2D eigenvalue weighted by molar-refractivity contribution is 7.99. The van der Waals surface area contributed by atoms with E-state index in [4.69, 9.17) is 14.5 Å². The molecule has 0 spiro atoms. The summed E-state index contributed by atoms with van der Waals surface area (Å²) in [6, 6.07) is 30.3. The van der Waals surface area contributed by atoms with E-state index in [-0.39, 0.29) is 17.2 Å². The molecule has 1 atom stereocenters. The first-order valence-electron chi connectivity index (χ1n) is 16.9. The predicted molar refractivity (Wildman–Crippen MR) is 211 cm³/mol. The van der Waals surface area contributed by atoms with Crippen LogP contribution < -0.4 is 29.7 Å². The Morgan fingerprint density at radius 3 is 2.26 bits per heavy atom. The first kappa shape index (κ1) is 36.2. The Morgan fingerprint density at radius 2 is 1.61 bits per heavy atom. The van der Waals surface area contributed by atoms with Gasteiger partial charge in [0.2, 0.25) is 0 Å². The number of aryl methyl sites for hydroxylation is 1. The Labute approximate surface area is 318 Å². The lowest BCUT2D eigenvalue weighted by Crippen LogP contribution is -2.40. The highest BCUT2D eigenvalue weighted by Gasteiger charge is 2.34. The predicted octanol–water partition coefficient (Wildman–Crippen LogP) is 7.36. The number of non-ortho nitro benzene ring substituents is 1. The van der Waals surface area contributed by atoms with Crippen LogP contribution in [0.2, 0.25) is 0 Å². The van der Waals surface area contributed by atoms with E-state index in [1.165, 1.54) is 35.2 Å².